The van der Waals surface area contributed by atoms with Gasteiger partial charge in [-0.05, 0) is 18.2 Å². The second-order valence-electron chi connectivity index (χ2n) is 6.34. The summed E-state index contributed by atoms with van der Waals surface area (Å²) in [6, 6.07) is 9.70. The minimum Gasteiger partial charge on any atom is -0.412 e. The average molecular weight is 438 g/mol. The number of H-pyrrole nitrogens is 1. The van der Waals surface area contributed by atoms with E-state index in [-0.39, 0.29) is 34.1 Å². The van der Waals surface area contributed by atoms with E-state index >= 15 is 0 Å². The Labute approximate surface area is 171 Å². The first-order chi connectivity index (χ1) is 13.8. The van der Waals surface area contributed by atoms with Crippen LogP contribution in [0.5, 0.6) is 0 Å². The van der Waals surface area contributed by atoms with E-state index in [1.807, 2.05) is 0 Å². The molecule has 0 radical (unpaired) electrons. The molecule has 0 amide bonds. The number of hydrogen-bond donors (Lipinski definition) is 3. The van der Waals surface area contributed by atoms with Crippen LogP contribution in [0.2, 0.25) is 0 Å². The molecule has 11 nitrogen and oxygen atoms in total. The second kappa shape index (κ2) is 9.63. The minimum absolute atomic E-state index is 0. The summed E-state index contributed by atoms with van der Waals surface area (Å²) in [4.78, 5) is 26.9. The molecule has 1 aromatic heterocycles. The van der Waals surface area contributed by atoms with Crippen molar-refractivity contribution in [1.82, 2.24) is 10.3 Å². The zero-order valence-corrected chi connectivity index (χ0v) is 16.9. The Bertz CT molecular complexity index is 1220. The van der Waals surface area contributed by atoms with Gasteiger partial charge in [0.15, 0.2) is 5.43 Å². The van der Waals surface area contributed by atoms with Crippen LogP contribution < -0.4 is 16.1 Å². The number of fused-ring (bicyclic) bond motifs is 2. The summed E-state index contributed by atoms with van der Waals surface area (Å²) >= 11 is 0. The SMILES string of the molecule is CS(=O)(=O)OCCNCCNc1ccc([N+](=O)[O-])c2[nH]c3ccccc3c(=O)c12.O. The lowest BCUT2D eigenvalue weighted by Gasteiger charge is -2.11. The van der Waals surface area contributed by atoms with Gasteiger partial charge in [-0.15, -0.1) is 0 Å². The molecular weight excluding hydrogens is 416 g/mol. The van der Waals surface area contributed by atoms with Crippen molar-refractivity contribution in [1.29, 1.82) is 0 Å². The van der Waals surface area contributed by atoms with Crippen LogP contribution in [0.25, 0.3) is 21.8 Å². The van der Waals surface area contributed by atoms with Crippen LogP contribution in [0, 0.1) is 10.1 Å². The molecule has 12 heteroatoms. The number of nitro benzene ring substituents is 1. The first kappa shape index (κ1) is 23.2. The molecule has 1 heterocycles. The summed E-state index contributed by atoms with van der Waals surface area (Å²) in [5.74, 6) is 0. The predicted octanol–water partition coefficient (Wildman–Crippen LogP) is 0.743. The molecule has 30 heavy (non-hydrogen) atoms. The summed E-state index contributed by atoms with van der Waals surface area (Å²) in [7, 11) is -3.47. The molecule has 0 fully saturated rings. The van der Waals surface area contributed by atoms with Crippen molar-refractivity contribution in [3.8, 4) is 0 Å². The van der Waals surface area contributed by atoms with E-state index in [0.29, 0.717) is 36.2 Å². The minimum atomic E-state index is -3.47. The lowest BCUT2D eigenvalue weighted by atomic mass is 10.1. The number of nitrogens with one attached hydrogen (secondary N) is 3. The molecule has 0 saturated carbocycles. The molecular formula is C18H22N4O7S. The Balaban J connectivity index is 0.00000320. The highest BCUT2D eigenvalue weighted by molar-refractivity contribution is 7.85. The maximum absolute atomic E-state index is 13.0. The van der Waals surface area contributed by atoms with Gasteiger partial charge in [0.1, 0.15) is 5.52 Å². The van der Waals surface area contributed by atoms with Gasteiger partial charge in [-0.3, -0.25) is 19.1 Å². The van der Waals surface area contributed by atoms with Crippen molar-refractivity contribution in [3.05, 3.63) is 56.7 Å². The number of anilines is 1. The number of nitro groups is 1. The van der Waals surface area contributed by atoms with Gasteiger partial charge in [-0.25, -0.2) is 0 Å². The molecule has 0 bridgehead atoms. The van der Waals surface area contributed by atoms with Crippen LogP contribution >= 0.6 is 0 Å². The van der Waals surface area contributed by atoms with Crippen molar-refractivity contribution >= 4 is 43.3 Å². The van der Waals surface area contributed by atoms with Crippen molar-refractivity contribution < 1.29 is 23.0 Å². The van der Waals surface area contributed by atoms with Gasteiger partial charge in [0.2, 0.25) is 0 Å². The van der Waals surface area contributed by atoms with E-state index in [0.717, 1.165) is 6.26 Å². The highest BCUT2D eigenvalue weighted by Gasteiger charge is 2.19. The molecule has 0 aliphatic rings. The van der Waals surface area contributed by atoms with Gasteiger partial charge >= 0.3 is 0 Å². The maximum atomic E-state index is 13.0. The Morgan fingerprint density at radius 3 is 2.57 bits per heavy atom. The normalized spacial score (nSPS) is 11.4. The van der Waals surface area contributed by atoms with Crippen molar-refractivity contribution in [3.63, 3.8) is 0 Å². The number of non-ortho nitro benzene ring substituents is 1. The van der Waals surface area contributed by atoms with Crippen LogP contribution in [0.1, 0.15) is 0 Å². The first-order valence-corrected chi connectivity index (χ1v) is 10.6. The molecule has 0 aliphatic heterocycles. The van der Waals surface area contributed by atoms with Crippen LogP contribution in [0.15, 0.2) is 41.2 Å². The molecule has 3 aromatic rings. The standard InChI is InChI=1S/C18H20N4O6S.H2O/c1-29(26,27)28-11-10-19-8-9-20-14-6-7-15(22(24)25)17-16(14)18(23)12-4-2-3-5-13(12)21-17;/h2-7,19-20H,8-11H2,1H3,(H,21,23);1H2. The Morgan fingerprint density at radius 2 is 1.87 bits per heavy atom. The third kappa shape index (κ3) is 5.30. The van der Waals surface area contributed by atoms with E-state index in [2.05, 4.69) is 19.8 Å². The third-order valence-corrected chi connectivity index (χ3v) is 4.83. The van der Waals surface area contributed by atoms with Crippen molar-refractivity contribution in [2.45, 2.75) is 0 Å². The highest BCUT2D eigenvalue weighted by Crippen LogP contribution is 2.29. The summed E-state index contributed by atoms with van der Waals surface area (Å²) in [6.45, 7) is 1.24. The van der Waals surface area contributed by atoms with Gasteiger partial charge in [-0.1, -0.05) is 12.1 Å². The smallest absolute Gasteiger partial charge is 0.293 e. The molecule has 0 saturated heterocycles. The van der Waals surface area contributed by atoms with Crippen LogP contribution in [0.3, 0.4) is 0 Å². The number of rotatable bonds is 9. The topological polar surface area (TPSA) is 175 Å². The van der Waals surface area contributed by atoms with E-state index in [4.69, 9.17) is 0 Å². The zero-order chi connectivity index (χ0) is 21.0. The Hall–Kier alpha value is -3.06. The Morgan fingerprint density at radius 1 is 1.13 bits per heavy atom. The fraction of sp³-hybridized carbons (Fsp3) is 0.278. The van der Waals surface area contributed by atoms with E-state index < -0.39 is 15.0 Å². The average Bonchev–Trinajstić information content (AvgIpc) is 2.66. The van der Waals surface area contributed by atoms with Gasteiger partial charge in [0, 0.05) is 42.3 Å². The largest absolute Gasteiger partial charge is 0.412 e. The number of aromatic nitrogens is 1. The summed E-state index contributed by atoms with van der Waals surface area (Å²) < 4.78 is 26.4. The number of pyridine rings is 1. The van der Waals surface area contributed by atoms with Gasteiger partial charge in [-0.2, -0.15) is 8.42 Å². The lowest BCUT2D eigenvalue weighted by Crippen LogP contribution is -2.26. The highest BCUT2D eigenvalue weighted by atomic mass is 32.2. The number of nitrogens with zero attached hydrogens (tertiary/aromatic N) is 1. The number of para-hydroxylation sites is 1. The van der Waals surface area contributed by atoms with E-state index in [1.54, 1.807) is 24.3 Å². The first-order valence-electron chi connectivity index (χ1n) is 8.79. The molecule has 2 aromatic carbocycles. The molecule has 0 unspecified atom stereocenters. The summed E-state index contributed by atoms with van der Waals surface area (Å²) in [5, 5.41) is 18.2. The Kier molecular flexibility index (Phi) is 7.45. The maximum Gasteiger partial charge on any atom is 0.293 e. The van der Waals surface area contributed by atoms with Crippen molar-refractivity contribution in [2.24, 2.45) is 0 Å². The van der Waals surface area contributed by atoms with E-state index in [1.165, 1.54) is 12.1 Å². The fourth-order valence-corrected chi connectivity index (χ4v) is 3.37. The van der Waals surface area contributed by atoms with Gasteiger partial charge < -0.3 is 21.1 Å². The molecule has 5 N–H and O–H groups in total. The molecule has 3 rings (SSSR count). The lowest BCUT2D eigenvalue weighted by molar-refractivity contribution is -0.383. The monoisotopic (exact) mass is 438 g/mol. The van der Waals surface area contributed by atoms with Crippen LogP contribution in [-0.2, 0) is 14.3 Å². The molecule has 162 valence electrons. The fourth-order valence-electron chi connectivity index (χ4n) is 2.99. The third-order valence-electron chi connectivity index (χ3n) is 4.23. The van der Waals surface area contributed by atoms with Crippen molar-refractivity contribution in [2.75, 3.05) is 37.8 Å². The summed E-state index contributed by atoms with van der Waals surface area (Å²) in [5.41, 5.74) is 0.697. The number of hydrogen-bond acceptors (Lipinski definition) is 8. The van der Waals surface area contributed by atoms with Crippen LogP contribution in [-0.4, -0.2) is 56.3 Å². The summed E-state index contributed by atoms with van der Waals surface area (Å²) in [6.07, 6.45) is 0.982. The number of benzene rings is 2. The molecule has 0 spiro atoms. The predicted molar refractivity (Wildman–Crippen MR) is 114 cm³/mol. The van der Waals surface area contributed by atoms with Crippen LogP contribution in [0.4, 0.5) is 11.4 Å². The second-order valence-corrected chi connectivity index (χ2v) is 7.99. The quantitative estimate of drug-likeness (QED) is 0.144. The number of aromatic amines is 1. The van der Waals surface area contributed by atoms with E-state index in [9.17, 15) is 23.3 Å². The molecule has 0 atom stereocenters. The van der Waals surface area contributed by atoms with Gasteiger partial charge in [0.25, 0.3) is 15.8 Å². The van der Waals surface area contributed by atoms with Gasteiger partial charge in [0.05, 0.1) is 23.2 Å². The zero-order valence-electron chi connectivity index (χ0n) is 16.1. The molecule has 0 aliphatic carbocycles.